The Morgan fingerprint density at radius 2 is 1.88 bits per heavy atom. The smallest absolute Gasteiger partial charge is 0.303 e. The first-order chi connectivity index (χ1) is 7.59. The molecule has 1 aromatic carbocycles. The molecule has 86 valence electrons. The Bertz CT molecular complexity index is 351. The van der Waals surface area contributed by atoms with Crippen molar-refractivity contribution in [1.82, 2.24) is 0 Å². The van der Waals surface area contributed by atoms with Gasteiger partial charge in [0.2, 0.25) is 0 Å². The van der Waals surface area contributed by atoms with Gasteiger partial charge in [-0.1, -0.05) is 36.0 Å². The fourth-order valence-corrected chi connectivity index (χ4v) is 2.00. The molecule has 0 heterocycles. The predicted octanol–water partition coefficient (Wildman–Crippen LogP) is 2.48. The highest BCUT2D eigenvalue weighted by Gasteiger charge is 2.05. The van der Waals surface area contributed by atoms with E-state index in [0.717, 1.165) is 11.1 Å². The molecular weight excluding hydrogens is 224 g/mol. The maximum Gasteiger partial charge on any atom is 0.303 e. The number of aryl methyl sites for hydroxylation is 1. The van der Waals surface area contributed by atoms with Gasteiger partial charge in [-0.2, -0.15) is 0 Å². The number of aliphatic carboxylic acids is 1. The highest BCUT2D eigenvalue weighted by molar-refractivity contribution is 8.12. The lowest BCUT2D eigenvalue weighted by Gasteiger charge is -2.06. The van der Waals surface area contributed by atoms with E-state index >= 15 is 0 Å². The quantitative estimate of drug-likeness (QED) is 0.856. The zero-order chi connectivity index (χ0) is 12.0. The molecule has 3 nitrogen and oxygen atoms in total. The van der Waals surface area contributed by atoms with Gasteiger partial charge in [-0.25, -0.2) is 0 Å². The number of hydrogen-bond acceptors (Lipinski definition) is 3. The van der Waals surface area contributed by atoms with Crippen LogP contribution in [-0.2, 0) is 21.8 Å². The van der Waals surface area contributed by atoms with Crippen molar-refractivity contribution >= 4 is 22.8 Å². The van der Waals surface area contributed by atoms with Crippen LogP contribution in [0.1, 0.15) is 24.5 Å². The number of benzene rings is 1. The van der Waals surface area contributed by atoms with Gasteiger partial charge in [0.1, 0.15) is 0 Å². The van der Waals surface area contributed by atoms with Crippen LogP contribution in [0.3, 0.4) is 0 Å². The van der Waals surface area contributed by atoms with Gasteiger partial charge in [0.05, 0.1) is 0 Å². The first-order valence-corrected chi connectivity index (χ1v) is 6.00. The first kappa shape index (κ1) is 12.8. The van der Waals surface area contributed by atoms with Crippen molar-refractivity contribution in [3.8, 4) is 0 Å². The van der Waals surface area contributed by atoms with Crippen LogP contribution in [0.5, 0.6) is 0 Å². The second kappa shape index (κ2) is 6.33. The number of thioether (sulfide) groups is 1. The highest BCUT2D eigenvalue weighted by Crippen LogP contribution is 2.18. The third-order valence-electron chi connectivity index (χ3n) is 2.16. The normalized spacial score (nSPS) is 10.1. The summed E-state index contributed by atoms with van der Waals surface area (Å²) in [4.78, 5) is 21.4. The molecule has 0 amide bonds. The Kier molecular flexibility index (Phi) is 5.05. The molecule has 4 heteroatoms. The van der Waals surface area contributed by atoms with Crippen LogP contribution in [-0.4, -0.2) is 16.2 Å². The summed E-state index contributed by atoms with van der Waals surface area (Å²) in [6, 6.07) is 7.64. The molecule has 0 radical (unpaired) electrons. The zero-order valence-electron chi connectivity index (χ0n) is 9.10. The summed E-state index contributed by atoms with van der Waals surface area (Å²) in [5, 5.41) is 8.70. The lowest BCUT2D eigenvalue weighted by molar-refractivity contribution is -0.137. The summed E-state index contributed by atoms with van der Waals surface area (Å²) in [5.74, 6) is -0.181. The number of carbonyl (C=O) groups excluding carboxylic acids is 1. The topological polar surface area (TPSA) is 54.4 Å². The summed E-state index contributed by atoms with van der Waals surface area (Å²) in [5.41, 5.74) is 2.06. The average molecular weight is 238 g/mol. The Morgan fingerprint density at radius 1 is 1.25 bits per heavy atom. The van der Waals surface area contributed by atoms with Crippen molar-refractivity contribution in [1.29, 1.82) is 0 Å². The molecule has 0 spiro atoms. The molecule has 1 rings (SSSR count). The zero-order valence-corrected chi connectivity index (χ0v) is 9.92. The van der Waals surface area contributed by atoms with Crippen LogP contribution in [0.15, 0.2) is 24.3 Å². The monoisotopic (exact) mass is 238 g/mol. The van der Waals surface area contributed by atoms with E-state index in [-0.39, 0.29) is 11.5 Å². The van der Waals surface area contributed by atoms with Gasteiger partial charge in [0, 0.05) is 19.1 Å². The molecule has 0 aliphatic heterocycles. The Hall–Kier alpha value is -1.29. The van der Waals surface area contributed by atoms with Gasteiger partial charge in [0.25, 0.3) is 0 Å². The molecule has 16 heavy (non-hydrogen) atoms. The standard InChI is InChI=1S/C12H14O3S/c1-9(13)16-8-11-5-3-2-4-10(11)6-7-12(14)15/h2-5H,6-8H2,1H3,(H,14,15). The SMILES string of the molecule is CC(=O)SCc1ccccc1CCC(=O)O. The fraction of sp³-hybridized carbons (Fsp3) is 0.333. The van der Waals surface area contributed by atoms with E-state index in [2.05, 4.69) is 0 Å². The second-order valence-electron chi connectivity index (χ2n) is 3.44. The molecule has 0 bridgehead atoms. The molecule has 0 unspecified atom stereocenters. The van der Waals surface area contributed by atoms with E-state index in [1.54, 1.807) is 0 Å². The van der Waals surface area contributed by atoms with E-state index in [9.17, 15) is 9.59 Å². The van der Waals surface area contributed by atoms with Gasteiger partial charge in [-0.3, -0.25) is 9.59 Å². The molecule has 1 N–H and O–H groups in total. The van der Waals surface area contributed by atoms with Crippen molar-refractivity contribution in [2.75, 3.05) is 0 Å². The first-order valence-electron chi connectivity index (χ1n) is 5.01. The van der Waals surface area contributed by atoms with Crippen LogP contribution < -0.4 is 0 Å². The van der Waals surface area contributed by atoms with E-state index in [4.69, 9.17) is 5.11 Å². The molecule has 1 aromatic rings. The summed E-state index contributed by atoms with van der Waals surface area (Å²) in [6.45, 7) is 1.53. The number of rotatable bonds is 5. The predicted molar refractivity (Wildman–Crippen MR) is 64.4 cm³/mol. The maximum atomic E-state index is 10.9. The van der Waals surface area contributed by atoms with E-state index in [0.29, 0.717) is 12.2 Å². The summed E-state index contributed by atoms with van der Waals surface area (Å²) in [7, 11) is 0. The largest absolute Gasteiger partial charge is 0.481 e. The van der Waals surface area contributed by atoms with Crippen molar-refractivity contribution in [3.05, 3.63) is 35.4 Å². The minimum atomic E-state index is -0.797. The van der Waals surface area contributed by atoms with Crippen molar-refractivity contribution in [3.63, 3.8) is 0 Å². The van der Waals surface area contributed by atoms with Crippen molar-refractivity contribution in [2.45, 2.75) is 25.5 Å². The molecule has 0 aromatic heterocycles. The summed E-state index contributed by atoms with van der Waals surface area (Å²) in [6.07, 6.45) is 0.645. The molecule has 0 aliphatic carbocycles. The van der Waals surface area contributed by atoms with Gasteiger partial charge in [-0.15, -0.1) is 0 Å². The van der Waals surface area contributed by atoms with Crippen LogP contribution >= 0.6 is 11.8 Å². The molecule has 0 atom stereocenters. The van der Waals surface area contributed by atoms with E-state index in [1.165, 1.54) is 18.7 Å². The van der Waals surface area contributed by atoms with E-state index in [1.807, 2.05) is 24.3 Å². The summed E-state index contributed by atoms with van der Waals surface area (Å²) >= 11 is 1.25. The minimum Gasteiger partial charge on any atom is -0.481 e. The number of carboxylic acid groups (broad SMARTS) is 1. The third kappa shape index (κ3) is 4.49. The number of carbonyl (C=O) groups is 2. The maximum absolute atomic E-state index is 10.9. The van der Waals surface area contributed by atoms with Crippen LogP contribution in [0, 0.1) is 0 Å². The van der Waals surface area contributed by atoms with E-state index < -0.39 is 5.97 Å². The minimum absolute atomic E-state index is 0.0769. The molecule has 0 fully saturated rings. The second-order valence-corrected chi connectivity index (χ2v) is 4.59. The van der Waals surface area contributed by atoms with Gasteiger partial charge in [-0.05, 0) is 17.5 Å². The third-order valence-corrected chi connectivity index (χ3v) is 3.02. The lowest BCUT2D eigenvalue weighted by Crippen LogP contribution is -2.00. The molecular formula is C12H14O3S. The Balaban J connectivity index is 2.67. The Morgan fingerprint density at radius 3 is 2.44 bits per heavy atom. The highest BCUT2D eigenvalue weighted by atomic mass is 32.2. The van der Waals surface area contributed by atoms with Crippen molar-refractivity contribution < 1.29 is 14.7 Å². The van der Waals surface area contributed by atoms with Crippen LogP contribution in [0.4, 0.5) is 0 Å². The van der Waals surface area contributed by atoms with Crippen LogP contribution in [0.2, 0.25) is 0 Å². The summed E-state index contributed by atoms with van der Waals surface area (Å²) < 4.78 is 0. The Labute approximate surface area is 98.9 Å². The van der Waals surface area contributed by atoms with Gasteiger partial charge in [0.15, 0.2) is 5.12 Å². The van der Waals surface area contributed by atoms with Gasteiger partial charge >= 0.3 is 5.97 Å². The van der Waals surface area contributed by atoms with Crippen molar-refractivity contribution in [2.24, 2.45) is 0 Å². The molecule has 0 saturated heterocycles. The fourth-order valence-electron chi connectivity index (χ4n) is 1.36. The number of hydrogen-bond donors (Lipinski definition) is 1. The molecule has 0 saturated carbocycles. The lowest BCUT2D eigenvalue weighted by atomic mass is 10.0. The average Bonchev–Trinajstić information content (AvgIpc) is 2.24. The van der Waals surface area contributed by atoms with Gasteiger partial charge < -0.3 is 5.11 Å². The van der Waals surface area contributed by atoms with Crippen LogP contribution in [0.25, 0.3) is 0 Å². The number of carboxylic acids is 1. The molecule has 0 aliphatic rings.